The number of aromatic nitrogens is 3. The first kappa shape index (κ1) is 13.4. The summed E-state index contributed by atoms with van der Waals surface area (Å²) in [5.74, 6) is 1.66. The monoisotopic (exact) mass is 278 g/mol. The van der Waals surface area contributed by atoms with E-state index < -0.39 is 0 Å². The Morgan fingerprint density at radius 2 is 2.05 bits per heavy atom. The van der Waals surface area contributed by atoms with Gasteiger partial charge in [0.05, 0.1) is 6.54 Å². The van der Waals surface area contributed by atoms with Gasteiger partial charge in [0.2, 0.25) is 5.91 Å². The molecule has 6 heteroatoms. The second-order valence-electron chi connectivity index (χ2n) is 5.98. The number of fused-ring (bicyclic) bond motifs is 1. The normalized spacial score (nSPS) is 19.4. The summed E-state index contributed by atoms with van der Waals surface area (Å²) >= 11 is 0. The Kier molecular flexibility index (Phi) is 3.63. The Bertz CT molecular complexity index is 554. The fourth-order valence-corrected chi connectivity index (χ4v) is 3.36. The molecule has 0 radical (unpaired) electrons. The molecule has 6 nitrogen and oxygen atoms in total. The van der Waals surface area contributed by atoms with Crippen LogP contribution in [0.25, 0.3) is 0 Å². The molecule has 0 N–H and O–H groups in total. The van der Waals surface area contributed by atoms with Crippen molar-refractivity contribution >= 4 is 5.91 Å². The molecule has 1 fully saturated rings. The van der Waals surface area contributed by atoms with Gasteiger partial charge in [-0.05, 0) is 12.3 Å². The molecule has 2 aliphatic rings. The Balaban J connectivity index is 1.58. The smallest absolute Gasteiger partial charge is 0.333 e. The van der Waals surface area contributed by atoms with Crippen LogP contribution in [0.2, 0.25) is 0 Å². The summed E-state index contributed by atoms with van der Waals surface area (Å²) in [6.45, 7) is 1.67. The second kappa shape index (κ2) is 5.42. The van der Waals surface area contributed by atoms with E-state index >= 15 is 0 Å². The van der Waals surface area contributed by atoms with Crippen LogP contribution < -0.4 is 5.69 Å². The average molecular weight is 278 g/mol. The van der Waals surface area contributed by atoms with Gasteiger partial charge in [-0.3, -0.25) is 9.36 Å². The molecule has 3 rings (SSSR count). The molecule has 1 aromatic rings. The zero-order chi connectivity index (χ0) is 14.1. The van der Waals surface area contributed by atoms with Crippen molar-refractivity contribution in [2.45, 2.75) is 51.6 Å². The SMILES string of the molecule is Cn1nc2n(c1=O)CCN(C(=O)CCC1CCCC1)C2. The van der Waals surface area contributed by atoms with Crippen molar-refractivity contribution in [2.24, 2.45) is 13.0 Å². The predicted molar refractivity (Wildman–Crippen MR) is 74.1 cm³/mol. The van der Waals surface area contributed by atoms with E-state index in [2.05, 4.69) is 5.10 Å². The number of hydrogen-bond donors (Lipinski definition) is 0. The molecule has 110 valence electrons. The van der Waals surface area contributed by atoms with Crippen LogP contribution in [0.3, 0.4) is 0 Å². The lowest BCUT2D eigenvalue weighted by atomic mass is 10.0. The third-order valence-electron chi connectivity index (χ3n) is 4.60. The van der Waals surface area contributed by atoms with E-state index in [0.717, 1.165) is 12.3 Å². The highest BCUT2D eigenvalue weighted by Gasteiger charge is 2.25. The first-order valence-corrected chi connectivity index (χ1v) is 7.55. The van der Waals surface area contributed by atoms with Gasteiger partial charge >= 0.3 is 5.69 Å². The van der Waals surface area contributed by atoms with Crippen LogP contribution in [0.15, 0.2) is 4.79 Å². The third kappa shape index (κ3) is 2.51. The van der Waals surface area contributed by atoms with Gasteiger partial charge in [0.1, 0.15) is 0 Å². The fourth-order valence-electron chi connectivity index (χ4n) is 3.36. The maximum absolute atomic E-state index is 12.3. The molecule has 1 aliphatic heterocycles. The highest BCUT2D eigenvalue weighted by atomic mass is 16.2. The molecule has 1 saturated carbocycles. The minimum absolute atomic E-state index is 0.0851. The van der Waals surface area contributed by atoms with Gasteiger partial charge in [0.15, 0.2) is 5.82 Å². The summed E-state index contributed by atoms with van der Waals surface area (Å²) in [7, 11) is 1.65. The van der Waals surface area contributed by atoms with Crippen LogP contribution in [0.1, 0.15) is 44.3 Å². The maximum atomic E-state index is 12.3. The first-order valence-electron chi connectivity index (χ1n) is 7.55. The second-order valence-corrected chi connectivity index (χ2v) is 5.98. The fraction of sp³-hybridized carbons (Fsp3) is 0.786. The first-order chi connectivity index (χ1) is 9.65. The molecule has 0 saturated heterocycles. The van der Waals surface area contributed by atoms with Crippen LogP contribution >= 0.6 is 0 Å². The summed E-state index contributed by atoms with van der Waals surface area (Å²) in [5, 5.41) is 4.19. The predicted octanol–water partition coefficient (Wildman–Crippen LogP) is 0.894. The van der Waals surface area contributed by atoms with Crippen molar-refractivity contribution in [1.82, 2.24) is 19.2 Å². The summed E-state index contributed by atoms with van der Waals surface area (Å²) in [5.41, 5.74) is -0.0851. The van der Waals surface area contributed by atoms with Gasteiger partial charge in [-0.15, -0.1) is 0 Å². The molecule has 0 bridgehead atoms. The molecular weight excluding hydrogens is 256 g/mol. The van der Waals surface area contributed by atoms with E-state index in [0.29, 0.717) is 31.9 Å². The summed E-state index contributed by atoms with van der Waals surface area (Å²) in [6, 6.07) is 0. The number of nitrogens with zero attached hydrogens (tertiary/aromatic N) is 4. The van der Waals surface area contributed by atoms with E-state index in [-0.39, 0.29) is 11.6 Å². The molecule has 20 heavy (non-hydrogen) atoms. The highest BCUT2D eigenvalue weighted by molar-refractivity contribution is 5.76. The molecule has 1 amide bonds. The number of carbonyl (C=O) groups excluding carboxylic acids is 1. The number of aryl methyl sites for hydroxylation is 1. The Morgan fingerprint density at radius 3 is 2.80 bits per heavy atom. The molecular formula is C14H22N4O2. The van der Waals surface area contributed by atoms with Gasteiger partial charge in [-0.1, -0.05) is 25.7 Å². The van der Waals surface area contributed by atoms with Gasteiger partial charge in [-0.2, -0.15) is 5.10 Å². The zero-order valence-electron chi connectivity index (χ0n) is 12.0. The lowest BCUT2D eigenvalue weighted by Crippen LogP contribution is -2.40. The Hall–Kier alpha value is -1.59. The molecule has 0 spiro atoms. The largest absolute Gasteiger partial charge is 0.345 e. The van der Waals surface area contributed by atoms with Crippen LogP contribution in [-0.4, -0.2) is 31.7 Å². The third-order valence-corrected chi connectivity index (χ3v) is 4.60. The highest BCUT2D eigenvalue weighted by Crippen LogP contribution is 2.28. The minimum atomic E-state index is -0.0851. The van der Waals surface area contributed by atoms with Crippen molar-refractivity contribution in [1.29, 1.82) is 0 Å². The van der Waals surface area contributed by atoms with E-state index in [1.54, 1.807) is 11.6 Å². The quantitative estimate of drug-likeness (QED) is 0.825. The summed E-state index contributed by atoms with van der Waals surface area (Å²) in [6.07, 6.45) is 6.87. The average Bonchev–Trinajstić information content (AvgIpc) is 3.05. The molecule has 0 atom stereocenters. The van der Waals surface area contributed by atoms with Gasteiger partial charge < -0.3 is 4.90 Å². The van der Waals surface area contributed by atoms with Gasteiger partial charge in [-0.25, -0.2) is 9.48 Å². The topological polar surface area (TPSA) is 60.1 Å². The minimum Gasteiger partial charge on any atom is -0.333 e. The number of hydrogen-bond acceptors (Lipinski definition) is 3. The Labute approximate surface area is 118 Å². The number of amides is 1. The van der Waals surface area contributed by atoms with Crippen molar-refractivity contribution in [2.75, 3.05) is 6.54 Å². The zero-order valence-corrected chi connectivity index (χ0v) is 12.0. The Morgan fingerprint density at radius 1 is 1.30 bits per heavy atom. The molecule has 0 unspecified atom stereocenters. The summed E-state index contributed by atoms with van der Waals surface area (Å²) < 4.78 is 3.02. The van der Waals surface area contributed by atoms with Crippen LogP contribution in [0, 0.1) is 5.92 Å². The maximum Gasteiger partial charge on any atom is 0.345 e. The van der Waals surface area contributed by atoms with Gasteiger partial charge in [0.25, 0.3) is 0 Å². The standard InChI is InChI=1S/C14H22N4O2/c1-16-14(20)18-9-8-17(10-12(18)15-16)13(19)7-6-11-4-2-3-5-11/h11H,2-10H2,1H3. The molecule has 2 heterocycles. The van der Waals surface area contributed by atoms with E-state index in [1.165, 1.54) is 30.4 Å². The molecule has 0 aromatic carbocycles. The van der Waals surface area contributed by atoms with E-state index in [1.807, 2.05) is 4.90 Å². The van der Waals surface area contributed by atoms with Crippen LogP contribution in [-0.2, 0) is 24.9 Å². The number of carbonyl (C=O) groups is 1. The van der Waals surface area contributed by atoms with E-state index in [9.17, 15) is 9.59 Å². The molecule has 1 aliphatic carbocycles. The molecule has 1 aromatic heterocycles. The van der Waals surface area contributed by atoms with Crippen molar-refractivity contribution in [3.63, 3.8) is 0 Å². The lowest BCUT2D eigenvalue weighted by molar-refractivity contribution is -0.133. The van der Waals surface area contributed by atoms with Crippen molar-refractivity contribution in [3.05, 3.63) is 16.3 Å². The van der Waals surface area contributed by atoms with Crippen molar-refractivity contribution < 1.29 is 4.79 Å². The number of rotatable bonds is 3. The van der Waals surface area contributed by atoms with Crippen LogP contribution in [0.5, 0.6) is 0 Å². The van der Waals surface area contributed by atoms with E-state index in [4.69, 9.17) is 0 Å². The van der Waals surface area contributed by atoms with Crippen molar-refractivity contribution in [3.8, 4) is 0 Å². The summed E-state index contributed by atoms with van der Waals surface area (Å²) in [4.78, 5) is 25.9. The van der Waals surface area contributed by atoms with Gasteiger partial charge in [0, 0.05) is 26.6 Å². The van der Waals surface area contributed by atoms with Crippen LogP contribution in [0.4, 0.5) is 0 Å². The lowest BCUT2D eigenvalue weighted by Gasteiger charge is -2.27.